The van der Waals surface area contributed by atoms with Gasteiger partial charge in [0, 0.05) is 102 Å². The van der Waals surface area contributed by atoms with Crippen LogP contribution in [0.2, 0.25) is 0 Å². The molecule has 0 radical (unpaired) electrons. The van der Waals surface area contributed by atoms with Gasteiger partial charge in [-0.1, -0.05) is 364 Å². The number of carbonyl (C=O) groups excluding carboxylic acids is 5. The zero-order valence-corrected chi connectivity index (χ0v) is 69.9. The molecule has 0 N–H and O–H groups in total. The average Bonchev–Trinajstić information content (AvgIpc) is 0.721. The molecule has 0 saturated heterocycles. The highest BCUT2D eigenvalue weighted by Crippen LogP contribution is 2.50. The quantitative estimate of drug-likeness (QED) is 0.0561. The molecule has 24 aromatic rings. The van der Waals surface area contributed by atoms with E-state index in [0.717, 1.165) is 86.2 Å². The molecule has 0 spiro atoms. The third-order valence-corrected chi connectivity index (χ3v) is 27.4. The summed E-state index contributed by atoms with van der Waals surface area (Å²) in [5.41, 5.74) is 10.7. The Balaban J connectivity index is 0.650. The fraction of sp³-hybridized carbons (Fsp3) is 0.0488. The molecule has 24 rings (SSSR count). The van der Waals surface area contributed by atoms with E-state index in [-0.39, 0.29) is 41.8 Å². The van der Waals surface area contributed by atoms with Crippen molar-refractivity contribution in [3.05, 3.63) is 456 Å². The molecular weight excluding hydrogens is 1560 g/mol. The largest absolute Gasteiger partial charge is 0.294 e. The van der Waals surface area contributed by atoms with Gasteiger partial charge in [-0.15, -0.1) is 0 Å². The first-order valence-electron chi connectivity index (χ1n) is 44.3. The monoisotopic (exact) mass is 1630 g/mol. The van der Waals surface area contributed by atoms with Crippen LogP contribution in [0.4, 0.5) is 0 Å². The van der Waals surface area contributed by atoms with Gasteiger partial charge in [0.15, 0.2) is 28.9 Å². The second-order valence-electron chi connectivity index (χ2n) is 34.4. The Morgan fingerprint density at radius 1 is 0.148 bits per heavy atom. The number of hydrogen-bond acceptors (Lipinski definition) is 5. The van der Waals surface area contributed by atoms with Crippen LogP contribution in [0.3, 0.4) is 0 Å². The van der Waals surface area contributed by atoms with E-state index in [1.54, 1.807) is 0 Å². The Morgan fingerprint density at radius 3 is 0.570 bits per heavy atom. The fourth-order valence-electron chi connectivity index (χ4n) is 21.5. The van der Waals surface area contributed by atoms with E-state index in [0.29, 0.717) is 115 Å². The molecule has 0 aliphatic rings. The average molecular weight is 1640 g/mol. The first kappa shape index (κ1) is 75.5. The van der Waals surface area contributed by atoms with Crippen molar-refractivity contribution in [2.24, 2.45) is 0 Å². The van der Waals surface area contributed by atoms with Crippen molar-refractivity contribution in [1.29, 1.82) is 0 Å². The molecule has 24 aromatic carbocycles. The van der Waals surface area contributed by atoms with Crippen LogP contribution in [0, 0.1) is 0 Å². The Hall–Kier alpha value is -16.2. The van der Waals surface area contributed by atoms with E-state index in [4.69, 9.17) is 0 Å². The van der Waals surface area contributed by atoms with Crippen molar-refractivity contribution in [1.82, 2.24) is 0 Å². The predicted octanol–water partition coefficient (Wildman–Crippen LogP) is 31.5. The third-order valence-electron chi connectivity index (χ3n) is 27.4. The maximum Gasteiger partial charge on any atom is 0.194 e. The minimum absolute atomic E-state index is 0.0199. The first-order chi connectivity index (χ1) is 63.1. The van der Waals surface area contributed by atoms with Crippen LogP contribution in [0.25, 0.3) is 195 Å². The smallest absolute Gasteiger partial charge is 0.194 e. The number of rotatable bonds is 20. The van der Waals surface area contributed by atoms with E-state index in [1.807, 2.05) is 218 Å². The lowest BCUT2D eigenvalue weighted by atomic mass is 9.79. The van der Waals surface area contributed by atoms with Crippen molar-refractivity contribution in [2.75, 3.05) is 0 Å². The molecular formula is C123H78O5. The van der Waals surface area contributed by atoms with Crippen molar-refractivity contribution in [3.8, 4) is 44.5 Å². The van der Waals surface area contributed by atoms with Crippen LogP contribution in [0.5, 0.6) is 0 Å². The number of benzene rings is 24. The lowest BCUT2D eigenvalue weighted by Crippen LogP contribution is -2.12. The van der Waals surface area contributed by atoms with Gasteiger partial charge >= 0.3 is 0 Å². The van der Waals surface area contributed by atoms with Gasteiger partial charge in [-0.05, 0) is 224 Å². The highest BCUT2D eigenvalue weighted by atomic mass is 16.1. The predicted molar refractivity (Wildman–Crippen MR) is 533 cm³/mol. The number of aryl methyl sites for hydroxylation is 2. The number of hydrogen-bond donors (Lipinski definition) is 0. The Kier molecular flexibility index (Phi) is 18.1. The Bertz CT molecular complexity index is 8340. The molecule has 0 saturated carbocycles. The molecule has 0 amide bonds. The maximum atomic E-state index is 17.7. The zero-order valence-electron chi connectivity index (χ0n) is 69.9. The number of carbonyl (C=O) groups is 5. The van der Waals surface area contributed by atoms with Gasteiger partial charge in [-0.25, -0.2) is 0 Å². The summed E-state index contributed by atoms with van der Waals surface area (Å²) in [6.07, 6.45) is 3.11. The van der Waals surface area contributed by atoms with Crippen molar-refractivity contribution >= 4 is 180 Å². The molecule has 0 heterocycles. The van der Waals surface area contributed by atoms with Crippen molar-refractivity contribution in [2.45, 2.75) is 38.5 Å². The van der Waals surface area contributed by atoms with E-state index in [1.165, 1.54) is 75.8 Å². The SMILES string of the molecule is O=C(CCCc1ccc2ccc3cccc4ccc1c2c34)c1ccc2ccccc2c1-c1c(C(=O)c2ccc3ccccc3c2-c2c(C(=O)c3ccc4ccccc4c3-c3c(C(=O)c4ccc5ccccc5c4-c4c(C(=O)CCCc5ccc6ccc7cccc8ccc5c6c78)ccc5ccccc45)ccc4ccccc34)ccc3ccccc23)ccc2ccccc12. The lowest BCUT2D eigenvalue weighted by molar-refractivity contribution is 0.0973. The van der Waals surface area contributed by atoms with Crippen molar-refractivity contribution < 1.29 is 24.0 Å². The molecule has 0 atom stereocenters. The lowest BCUT2D eigenvalue weighted by Gasteiger charge is -2.23. The van der Waals surface area contributed by atoms with Gasteiger partial charge in [0.1, 0.15) is 0 Å². The molecule has 0 bridgehead atoms. The van der Waals surface area contributed by atoms with Crippen LogP contribution in [-0.4, -0.2) is 28.9 Å². The number of ketones is 5. The maximum absolute atomic E-state index is 17.7. The Morgan fingerprint density at radius 2 is 0.328 bits per heavy atom. The summed E-state index contributed by atoms with van der Waals surface area (Å²) in [7, 11) is 0. The van der Waals surface area contributed by atoms with Gasteiger partial charge in [0.05, 0.1) is 0 Å². The number of fused-ring (bicyclic) bond motifs is 8. The Labute approximate surface area is 737 Å². The van der Waals surface area contributed by atoms with Crippen LogP contribution in [0.15, 0.2) is 400 Å². The van der Waals surface area contributed by atoms with Crippen molar-refractivity contribution in [3.63, 3.8) is 0 Å². The minimum Gasteiger partial charge on any atom is -0.294 e. The van der Waals surface area contributed by atoms with E-state index in [2.05, 4.69) is 182 Å². The molecule has 5 nitrogen and oxygen atoms in total. The minimum atomic E-state index is -0.321. The second kappa shape index (κ2) is 30.6. The molecule has 0 fully saturated rings. The van der Waals surface area contributed by atoms with Gasteiger partial charge in [-0.3, -0.25) is 24.0 Å². The molecule has 0 aliphatic heterocycles. The summed E-state index contributed by atoms with van der Waals surface area (Å²) in [5.74, 6) is -0.930. The van der Waals surface area contributed by atoms with E-state index < -0.39 is 0 Å². The normalized spacial score (nSPS) is 11.9. The first-order valence-corrected chi connectivity index (χ1v) is 44.3. The zero-order chi connectivity index (χ0) is 85.4. The van der Waals surface area contributed by atoms with Crippen LogP contribution in [0.1, 0.15) is 105 Å². The van der Waals surface area contributed by atoms with Gasteiger partial charge in [-0.2, -0.15) is 0 Å². The second-order valence-corrected chi connectivity index (χ2v) is 34.4. The fourth-order valence-corrected chi connectivity index (χ4v) is 21.5. The van der Waals surface area contributed by atoms with Crippen LogP contribution < -0.4 is 0 Å². The van der Waals surface area contributed by atoms with E-state index >= 15 is 24.0 Å². The molecule has 128 heavy (non-hydrogen) atoms. The third kappa shape index (κ3) is 12.2. The van der Waals surface area contributed by atoms with Crippen LogP contribution in [-0.2, 0) is 12.8 Å². The van der Waals surface area contributed by atoms with E-state index in [9.17, 15) is 0 Å². The number of Topliss-reactive ketones (excluding diaryl/α,β-unsaturated/α-hetero) is 2. The molecule has 5 heteroatoms. The summed E-state index contributed by atoms with van der Waals surface area (Å²) < 4.78 is 0. The summed E-state index contributed by atoms with van der Waals surface area (Å²) in [4.78, 5) is 83.9. The van der Waals surface area contributed by atoms with Gasteiger partial charge < -0.3 is 0 Å². The molecule has 600 valence electrons. The highest BCUT2D eigenvalue weighted by Gasteiger charge is 2.34. The topological polar surface area (TPSA) is 85.3 Å². The molecule has 0 aromatic heterocycles. The summed E-state index contributed by atoms with van der Waals surface area (Å²) in [5, 5.41) is 28.2. The van der Waals surface area contributed by atoms with Gasteiger partial charge in [0.25, 0.3) is 0 Å². The van der Waals surface area contributed by atoms with Gasteiger partial charge in [0.2, 0.25) is 0 Å². The summed E-state index contributed by atoms with van der Waals surface area (Å²) >= 11 is 0. The summed E-state index contributed by atoms with van der Waals surface area (Å²) in [6, 6.07) is 136. The molecule has 0 aliphatic carbocycles. The highest BCUT2D eigenvalue weighted by molar-refractivity contribution is 6.33. The van der Waals surface area contributed by atoms with Crippen LogP contribution >= 0.6 is 0 Å². The molecule has 0 unspecified atom stereocenters. The standard InChI is InChI=1S/C123H78O5/c124-107(43-19-29-81-45-47-87-51-49-83-31-17-33-85-61-63-97(81)111(87)109(83)85)99-65-53-73-21-1-9-35-89(73)113(99)115-91-37-11-3-23-75(91)55-67-101(115)121(126)103-69-57-77-25-5-13-39-93(77)117(103)119-95-41-15-7-27-79(95)59-71-105(119)123(128)106-72-60-80-28-8-16-42-96(80)120(106)118-94-40-14-6-26-78(94)58-70-104(118)122(127)102-68-56-76-24-4-12-38-92(76)116(102)114-90-36-10-2-22-74(90)54-66-100(114)108(125)44-20-30-82-46-48-88-52-50-84-32-18-34-86-62-64-98(82)112(88)110(84)86/h1-18,21-28,31-42,45-72H,19-20,29-30,43-44H2. The summed E-state index contributed by atoms with van der Waals surface area (Å²) in [6.45, 7) is 0.